The number of aryl methyl sites for hydroxylation is 1. The Hall–Kier alpha value is -2.07. The van der Waals surface area contributed by atoms with Crippen molar-refractivity contribution in [1.29, 1.82) is 0 Å². The molecule has 3 nitrogen and oxygen atoms in total. The Balaban J connectivity index is 2.38. The van der Waals surface area contributed by atoms with Crippen LogP contribution in [0.5, 0.6) is 11.5 Å². The lowest BCUT2D eigenvalue weighted by atomic mass is 10.1. The Labute approximate surface area is 132 Å². The number of carbonyl (C=O) groups is 1. The van der Waals surface area contributed by atoms with Crippen LogP contribution in [0, 0.1) is 0 Å². The second-order valence-corrected chi connectivity index (χ2v) is 5.33. The third-order valence-electron chi connectivity index (χ3n) is 2.95. The number of halogens is 1. The summed E-state index contributed by atoms with van der Waals surface area (Å²) in [5, 5.41) is 8.76. The molecule has 0 amide bonds. The molecule has 2 aromatic carbocycles. The Morgan fingerprint density at radius 1 is 1.24 bits per heavy atom. The fourth-order valence-electron chi connectivity index (χ4n) is 1.91. The molecule has 21 heavy (non-hydrogen) atoms. The van der Waals surface area contributed by atoms with Gasteiger partial charge in [0.05, 0.1) is 0 Å². The van der Waals surface area contributed by atoms with E-state index in [1.807, 2.05) is 42.5 Å². The van der Waals surface area contributed by atoms with Crippen LogP contribution in [0.1, 0.15) is 18.1 Å². The second-order valence-electron chi connectivity index (χ2n) is 4.42. The molecule has 0 aliphatic heterocycles. The predicted octanol–water partition coefficient (Wildman–Crippen LogP) is 4.90. The number of hydrogen-bond acceptors (Lipinski definition) is 2. The Bertz CT molecular complexity index is 677. The van der Waals surface area contributed by atoms with E-state index in [9.17, 15) is 4.79 Å². The second kappa shape index (κ2) is 7.09. The summed E-state index contributed by atoms with van der Waals surface area (Å²) in [6.45, 7) is 2.06. The van der Waals surface area contributed by atoms with Crippen LogP contribution >= 0.6 is 15.9 Å². The summed E-state index contributed by atoms with van der Waals surface area (Å²) in [4.78, 5) is 10.7. The average molecular weight is 347 g/mol. The zero-order valence-electron chi connectivity index (χ0n) is 11.5. The summed E-state index contributed by atoms with van der Waals surface area (Å²) >= 11 is 3.40. The number of benzene rings is 2. The number of ether oxygens (including phenoxy) is 1. The van der Waals surface area contributed by atoms with Gasteiger partial charge < -0.3 is 9.84 Å². The zero-order valence-corrected chi connectivity index (χ0v) is 13.1. The van der Waals surface area contributed by atoms with E-state index in [2.05, 4.69) is 22.9 Å². The molecule has 0 spiro atoms. The molecule has 1 N–H and O–H groups in total. The van der Waals surface area contributed by atoms with E-state index in [4.69, 9.17) is 9.84 Å². The first-order valence-corrected chi connectivity index (χ1v) is 7.35. The highest BCUT2D eigenvalue weighted by molar-refractivity contribution is 9.10. The predicted molar refractivity (Wildman–Crippen MR) is 86.7 cm³/mol. The van der Waals surface area contributed by atoms with E-state index in [-0.39, 0.29) is 0 Å². The molecular formula is C17H15BrO3. The van der Waals surface area contributed by atoms with E-state index in [1.54, 1.807) is 0 Å². The first-order chi connectivity index (χ1) is 10.1. The van der Waals surface area contributed by atoms with Crippen LogP contribution in [-0.2, 0) is 11.2 Å². The normalized spacial score (nSPS) is 10.8. The molecule has 2 rings (SSSR count). The Morgan fingerprint density at radius 3 is 2.71 bits per heavy atom. The number of aliphatic carboxylic acids is 1. The summed E-state index contributed by atoms with van der Waals surface area (Å²) in [7, 11) is 0. The molecule has 0 fully saturated rings. The fraction of sp³-hybridized carbons (Fsp3) is 0.118. The topological polar surface area (TPSA) is 46.5 Å². The molecule has 0 saturated carbocycles. The van der Waals surface area contributed by atoms with Gasteiger partial charge in [-0.3, -0.25) is 0 Å². The van der Waals surface area contributed by atoms with Crippen molar-refractivity contribution in [3.63, 3.8) is 0 Å². The van der Waals surface area contributed by atoms with Gasteiger partial charge in [0, 0.05) is 16.1 Å². The minimum atomic E-state index is -0.988. The smallest absolute Gasteiger partial charge is 0.328 e. The molecule has 0 aromatic heterocycles. The van der Waals surface area contributed by atoms with Crippen LogP contribution < -0.4 is 4.74 Å². The van der Waals surface area contributed by atoms with Gasteiger partial charge in [-0.05, 0) is 36.3 Å². The molecule has 0 radical (unpaired) electrons. The van der Waals surface area contributed by atoms with Crippen molar-refractivity contribution in [2.45, 2.75) is 13.3 Å². The van der Waals surface area contributed by atoms with Gasteiger partial charge in [-0.15, -0.1) is 0 Å². The standard InChI is InChI=1S/C17H15BrO3/c1-2-12-5-3-4-6-15(12)21-16-11-14(18)9-7-13(16)8-10-17(19)20/h3-11H,2H2,1H3,(H,19,20)/b10-8+. The minimum Gasteiger partial charge on any atom is -0.478 e. The number of hydrogen-bond donors (Lipinski definition) is 1. The van der Waals surface area contributed by atoms with E-state index in [1.165, 1.54) is 6.08 Å². The van der Waals surface area contributed by atoms with Gasteiger partial charge in [-0.2, -0.15) is 0 Å². The molecule has 2 aromatic rings. The van der Waals surface area contributed by atoms with Gasteiger partial charge >= 0.3 is 5.97 Å². The van der Waals surface area contributed by atoms with Crippen LogP contribution in [-0.4, -0.2) is 11.1 Å². The van der Waals surface area contributed by atoms with Crippen LogP contribution in [0.15, 0.2) is 53.0 Å². The largest absolute Gasteiger partial charge is 0.478 e. The number of para-hydroxylation sites is 1. The van der Waals surface area contributed by atoms with Crippen LogP contribution in [0.2, 0.25) is 0 Å². The van der Waals surface area contributed by atoms with E-state index in [0.29, 0.717) is 11.3 Å². The van der Waals surface area contributed by atoms with E-state index >= 15 is 0 Å². The third-order valence-corrected chi connectivity index (χ3v) is 3.45. The highest BCUT2D eigenvalue weighted by Crippen LogP contribution is 2.31. The summed E-state index contributed by atoms with van der Waals surface area (Å²) < 4.78 is 6.84. The molecule has 0 unspecified atom stereocenters. The fourth-order valence-corrected chi connectivity index (χ4v) is 2.25. The molecule has 0 aliphatic rings. The monoisotopic (exact) mass is 346 g/mol. The maximum atomic E-state index is 10.7. The van der Waals surface area contributed by atoms with Crippen molar-refractivity contribution in [2.75, 3.05) is 0 Å². The zero-order chi connectivity index (χ0) is 15.2. The van der Waals surface area contributed by atoms with Crippen LogP contribution in [0.4, 0.5) is 0 Å². The molecule has 0 bridgehead atoms. The molecule has 0 atom stereocenters. The molecular weight excluding hydrogens is 332 g/mol. The van der Waals surface area contributed by atoms with Gasteiger partial charge in [0.15, 0.2) is 0 Å². The number of carboxylic acid groups (broad SMARTS) is 1. The first-order valence-electron chi connectivity index (χ1n) is 6.56. The van der Waals surface area contributed by atoms with Crippen molar-refractivity contribution in [3.05, 3.63) is 64.1 Å². The highest BCUT2D eigenvalue weighted by Gasteiger charge is 2.07. The molecule has 0 saturated heterocycles. The van der Waals surface area contributed by atoms with E-state index < -0.39 is 5.97 Å². The number of carboxylic acids is 1. The van der Waals surface area contributed by atoms with Gasteiger partial charge in [-0.25, -0.2) is 4.79 Å². The first kappa shape index (κ1) is 15.3. The van der Waals surface area contributed by atoms with Gasteiger partial charge in [0.2, 0.25) is 0 Å². The Kier molecular flexibility index (Phi) is 5.17. The molecule has 0 heterocycles. The van der Waals surface area contributed by atoms with E-state index in [0.717, 1.165) is 28.3 Å². The molecule has 0 aliphatic carbocycles. The summed E-state index contributed by atoms with van der Waals surface area (Å²) in [5.74, 6) is 0.406. The minimum absolute atomic E-state index is 0.614. The lowest BCUT2D eigenvalue weighted by Crippen LogP contribution is -1.93. The van der Waals surface area contributed by atoms with Crippen molar-refractivity contribution < 1.29 is 14.6 Å². The SMILES string of the molecule is CCc1ccccc1Oc1cc(Br)ccc1/C=C/C(=O)O. The van der Waals surface area contributed by atoms with Gasteiger partial charge in [-0.1, -0.05) is 47.1 Å². The van der Waals surface area contributed by atoms with Crippen molar-refractivity contribution in [3.8, 4) is 11.5 Å². The summed E-state index contributed by atoms with van der Waals surface area (Å²) in [5.41, 5.74) is 1.82. The Morgan fingerprint density at radius 2 is 2.00 bits per heavy atom. The van der Waals surface area contributed by atoms with Crippen molar-refractivity contribution in [2.24, 2.45) is 0 Å². The maximum Gasteiger partial charge on any atom is 0.328 e. The van der Waals surface area contributed by atoms with Crippen molar-refractivity contribution >= 4 is 28.0 Å². The van der Waals surface area contributed by atoms with Crippen molar-refractivity contribution in [1.82, 2.24) is 0 Å². The molecule has 108 valence electrons. The quantitative estimate of drug-likeness (QED) is 0.783. The lowest BCUT2D eigenvalue weighted by molar-refractivity contribution is -0.131. The van der Waals surface area contributed by atoms with Crippen LogP contribution in [0.25, 0.3) is 6.08 Å². The van der Waals surface area contributed by atoms with Gasteiger partial charge in [0.1, 0.15) is 11.5 Å². The summed E-state index contributed by atoms with van der Waals surface area (Å²) in [6.07, 6.45) is 3.49. The van der Waals surface area contributed by atoms with Gasteiger partial charge in [0.25, 0.3) is 0 Å². The third kappa shape index (κ3) is 4.20. The molecule has 4 heteroatoms. The number of rotatable bonds is 5. The maximum absolute atomic E-state index is 10.7. The van der Waals surface area contributed by atoms with Crippen LogP contribution in [0.3, 0.4) is 0 Å². The summed E-state index contributed by atoms with van der Waals surface area (Å²) in [6, 6.07) is 13.3. The average Bonchev–Trinajstić information content (AvgIpc) is 2.47. The highest BCUT2D eigenvalue weighted by atomic mass is 79.9. The lowest BCUT2D eigenvalue weighted by Gasteiger charge is -2.12.